The van der Waals surface area contributed by atoms with Gasteiger partial charge in [0.05, 0.1) is 12.6 Å². The van der Waals surface area contributed by atoms with Gasteiger partial charge >= 0.3 is 5.97 Å². The highest BCUT2D eigenvalue weighted by Crippen LogP contribution is 2.11. The van der Waals surface area contributed by atoms with Crippen molar-refractivity contribution in [1.29, 1.82) is 0 Å². The number of hydrogen-bond donors (Lipinski definition) is 1. The lowest BCUT2D eigenvalue weighted by Crippen LogP contribution is -2.25. The maximum atomic E-state index is 12.1. The predicted molar refractivity (Wildman–Crippen MR) is 89.2 cm³/mol. The Morgan fingerprint density at radius 3 is 2.65 bits per heavy atom. The minimum atomic E-state index is -0.166. The van der Waals surface area contributed by atoms with Crippen molar-refractivity contribution in [3.63, 3.8) is 0 Å². The van der Waals surface area contributed by atoms with E-state index in [0.29, 0.717) is 18.7 Å². The van der Waals surface area contributed by atoms with E-state index in [1.807, 2.05) is 30.3 Å². The van der Waals surface area contributed by atoms with Crippen molar-refractivity contribution in [2.75, 3.05) is 13.7 Å². The van der Waals surface area contributed by atoms with Crippen LogP contribution in [0.1, 0.15) is 42.6 Å². The minimum absolute atomic E-state index is 0.148. The Kier molecular flexibility index (Phi) is 6.54. The number of carbonyl (C=O) groups excluding carboxylic acids is 2. The number of ether oxygens (including phenoxy) is 1. The standard InChI is InChI=1S/C18H22N2O3/c1-23-17(21)10-4-2-3-7-13-19-18(22)16-12-11-14-8-5-6-9-15(14)20-16/h5-6,8-9,11-12H,2-4,7,10,13H2,1H3,(H,19,22). The Morgan fingerprint density at radius 2 is 1.83 bits per heavy atom. The van der Waals surface area contributed by atoms with Crippen LogP contribution in [0, 0.1) is 0 Å². The molecule has 1 N–H and O–H groups in total. The van der Waals surface area contributed by atoms with Crippen LogP contribution in [0.25, 0.3) is 10.9 Å². The summed E-state index contributed by atoms with van der Waals surface area (Å²) in [5, 5.41) is 3.90. The first kappa shape index (κ1) is 16.9. The van der Waals surface area contributed by atoms with Gasteiger partial charge in [-0.05, 0) is 25.0 Å². The molecule has 1 heterocycles. The van der Waals surface area contributed by atoms with E-state index in [1.165, 1.54) is 7.11 Å². The van der Waals surface area contributed by atoms with Crippen molar-refractivity contribution in [2.45, 2.75) is 32.1 Å². The van der Waals surface area contributed by atoms with Gasteiger partial charge in [-0.3, -0.25) is 9.59 Å². The van der Waals surface area contributed by atoms with Gasteiger partial charge in [-0.1, -0.05) is 37.1 Å². The van der Waals surface area contributed by atoms with E-state index in [1.54, 1.807) is 6.07 Å². The molecule has 122 valence electrons. The van der Waals surface area contributed by atoms with Crippen molar-refractivity contribution in [1.82, 2.24) is 10.3 Å². The molecule has 1 aromatic carbocycles. The highest BCUT2D eigenvalue weighted by Gasteiger charge is 2.07. The molecule has 1 aromatic heterocycles. The third-order valence-corrected chi connectivity index (χ3v) is 3.65. The number of rotatable bonds is 8. The molecule has 0 aliphatic rings. The van der Waals surface area contributed by atoms with Crippen LogP contribution >= 0.6 is 0 Å². The van der Waals surface area contributed by atoms with Gasteiger partial charge in [0.1, 0.15) is 5.69 Å². The second-order valence-electron chi connectivity index (χ2n) is 5.39. The number of amides is 1. The van der Waals surface area contributed by atoms with Crippen molar-refractivity contribution in [3.05, 3.63) is 42.1 Å². The highest BCUT2D eigenvalue weighted by molar-refractivity contribution is 5.94. The molecule has 0 saturated carbocycles. The average Bonchev–Trinajstić information content (AvgIpc) is 2.60. The molecule has 2 rings (SSSR count). The van der Waals surface area contributed by atoms with Gasteiger partial charge in [0.15, 0.2) is 0 Å². The van der Waals surface area contributed by atoms with Crippen LogP contribution in [0.4, 0.5) is 0 Å². The van der Waals surface area contributed by atoms with Crippen LogP contribution in [-0.2, 0) is 9.53 Å². The molecule has 1 amide bonds. The topological polar surface area (TPSA) is 68.3 Å². The number of para-hydroxylation sites is 1. The average molecular weight is 314 g/mol. The van der Waals surface area contributed by atoms with Crippen LogP contribution < -0.4 is 5.32 Å². The van der Waals surface area contributed by atoms with E-state index in [9.17, 15) is 9.59 Å². The normalized spacial score (nSPS) is 10.5. The Labute approximate surface area is 136 Å². The molecule has 2 aromatic rings. The zero-order valence-electron chi connectivity index (χ0n) is 13.4. The highest BCUT2D eigenvalue weighted by atomic mass is 16.5. The van der Waals surface area contributed by atoms with Crippen molar-refractivity contribution < 1.29 is 14.3 Å². The number of carbonyl (C=O) groups is 2. The smallest absolute Gasteiger partial charge is 0.305 e. The van der Waals surface area contributed by atoms with Crippen LogP contribution in [-0.4, -0.2) is 30.5 Å². The van der Waals surface area contributed by atoms with Gasteiger partial charge in [-0.15, -0.1) is 0 Å². The van der Waals surface area contributed by atoms with Gasteiger partial charge in [0.2, 0.25) is 0 Å². The number of fused-ring (bicyclic) bond motifs is 1. The molecule has 0 spiro atoms. The lowest BCUT2D eigenvalue weighted by atomic mass is 10.1. The molecule has 23 heavy (non-hydrogen) atoms. The van der Waals surface area contributed by atoms with Crippen molar-refractivity contribution in [2.24, 2.45) is 0 Å². The first-order valence-corrected chi connectivity index (χ1v) is 7.91. The summed E-state index contributed by atoms with van der Waals surface area (Å²) >= 11 is 0. The Bertz CT molecular complexity index is 670. The summed E-state index contributed by atoms with van der Waals surface area (Å²) in [7, 11) is 1.40. The third kappa shape index (κ3) is 5.36. The van der Waals surface area contributed by atoms with E-state index in [-0.39, 0.29) is 11.9 Å². The number of benzene rings is 1. The summed E-state index contributed by atoms with van der Waals surface area (Å²) in [6, 6.07) is 11.4. The van der Waals surface area contributed by atoms with Crippen LogP contribution in [0.3, 0.4) is 0 Å². The Morgan fingerprint density at radius 1 is 1.04 bits per heavy atom. The van der Waals surface area contributed by atoms with E-state index in [4.69, 9.17) is 0 Å². The fraction of sp³-hybridized carbons (Fsp3) is 0.389. The molecule has 0 atom stereocenters. The van der Waals surface area contributed by atoms with E-state index >= 15 is 0 Å². The van der Waals surface area contributed by atoms with Crippen LogP contribution in [0.2, 0.25) is 0 Å². The zero-order chi connectivity index (χ0) is 16.5. The van der Waals surface area contributed by atoms with Gasteiger partial charge in [-0.25, -0.2) is 4.98 Å². The first-order valence-electron chi connectivity index (χ1n) is 7.91. The second-order valence-corrected chi connectivity index (χ2v) is 5.39. The zero-order valence-corrected chi connectivity index (χ0v) is 13.4. The number of aromatic nitrogens is 1. The summed E-state index contributed by atoms with van der Waals surface area (Å²) in [6.45, 7) is 0.617. The third-order valence-electron chi connectivity index (χ3n) is 3.65. The fourth-order valence-electron chi connectivity index (χ4n) is 2.33. The molecule has 0 saturated heterocycles. The molecule has 5 nitrogen and oxygen atoms in total. The van der Waals surface area contributed by atoms with E-state index < -0.39 is 0 Å². The molecule has 0 bridgehead atoms. The SMILES string of the molecule is COC(=O)CCCCCCNC(=O)c1ccc2ccccc2n1. The lowest BCUT2D eigenvalue weighted by Gasteiger charge is -2.06. The molecule has 0 radical (unpaired) electrons. The molecule has 0 unspecified atom stereocenters. The van der Waals surface area contributed by atoms with Crippen molar-refractivity contribution in [3.8, 4) is 0 Å². The number of esters is 1. The van der Waals surface area contributed by atoms with Crippen LogP contribution in [0.15, 0.2) is 36.4 Å². The fourth-order valence-corrected chi connectivity index (χ4v) is 2.33. The molecule has 0 fully saturated rings. The van der Waals surface area contributed by atoms with Crippen molar-refractivity contribution >= 4 is 22.8 Å². The maximum absolute atomic E-state index is 12.1. The molecule has 0 aliphatic carbocycles. The summed E-state index contributed by atoms with van der Waals surface area (Å²) in [5.74, 6) is -0.314. The molecular formula is C18H22N2O3. The minimum Gasteiger partial charge on any atom is -0.469 e. The molecule has 0 aliphatic heterocycles. The largest absolute Gasteiger partial charge is 0.469 e. The molecular weight excluding hydrogens is 292 g/mol. The number of methoxy groups -OCH3 is 1. The number of nitrogens with one attached hydrogen (secondary N) is 1. The Balaban J connectivity index is 1.69. The summed E-state index contributed by atoms with van der Waals surface area (Å²) in [6.07, 6.45) is 4.11. The van der Waals surface area contributed by atoms with Gasteiger partial charge < -0.3 is 10.1 Å². The number of hydrogen-bond acceptors (Lipinski definition) is 4. The summed E-state index contributed by atoms with van der Waals surface area (Å²) < 4.78 is 4.59. The van der Waals surface area contributed by atoms with Gasteiger partial charge in [0.25, 0.3) is 5.91 Å². The predicted octanol–water partition coefficient (Wildman–Crippen LogP) is 3.09. The van der Waals surface area contributed by atoms with E-state index in [0.717, 1.165) is 36.6 Å². The first-order chi connectivity index (χ1) is 11.2. The maximum Gasteiger partial charge on any atom is 0.305 e. The van der Waals surface area contributed by atoms with Gasteiger partial charge in [-0.2, -0.15) is 0 Å². The molecule has 5 heteroatoms. The van der Waals surface area contributed by atoms with Gasteiger partial charge in [0, 0.05) is 18.4 Å². The second kappa shape index (κ2) is 8.88. The summed E-state index contributed by atoms with van der Waals surface area (Å²) in [4.78, 5) is 27.4. The Hall–Kier alpha value is -2.43. The van der Waals surface area contributed by atoms with Crippen LogP contribution in [0.5, 0.6) is 0 Å². The number of unbranched alkanes of at least 4 members (excludes halogenated alkanes) is 3. The lowest BCUT2D eigenvalue weighted by molar-refractivity contribution is -0.140. The number of nitrogens with zero attached hydrogens (tertiary/aromatic N) is 1. The number of pyridine rings is 1. The quantitative estimate of drug-likeness (QED) is 0.600. The summed E-state index contributed by atoms with van der Waals surface area (Å²) in [5.41, 5.74) is 1.26. The van der Waals surface area contributed by atoms with E-state index in [2.05, 4.69) is 15.0 Å². The monoisotopic (exact) mass is 314 g/mol.